The Bertz CT molecular complexity index is 650. The number of unbranched alkanes of at least 4 members (excludes halogenated alkanes) is 13. The molecule has 0 amide bonds. The van der Waals surface area contributed by atoms with Crippen molar-refractivity contribution in [3.63, 3.8) is 0 Å². The van der Waals surface area contributed by atoms with Gasteiger partial charge in [0.25, 0.3) is 0 Å². The van der Waals surface area contributed by atoms with Gasteiger partial charge >= 0.3 is 5.97 Å². The van der Waals surface area contributed by atoms with Crippen molar-refractivity contribution >= 4 is 5.97 Å². The largest absolute Gasteiger partial charge is 0.478 e. The summed E-state index contributed by atoms with van der Waals surface area (Å²) in [5.41, 5.74) is 1.07. The molecule has 2 heteroatoms. The molecule has 0 spiro atoms. The average molecular weight is 381 g/mol. The molecule has 0 aromatic heterocycles. The average Bonchev–Trinajstić information content (AvgIpc) is 2.70. The minimum atomic E-state index is -0.919. The Morgan fingerprint density at radius 2 is 1.25 bits per heavy atom. The van der Waals surface area contributed by atoms with E-state index in [0.29, 0.717) is 0 Å². The van der Waals surface area contributed by atoms with Crippen LogP contribution in [0, 0.1) is 23.7 Å². The van der Waals surface area contributed by atoms with Crippen molar-refractivity contribution in [1.29, 1.82) is 0 Å². The van der Waals surface area contributed by atoms with Gasteiger partial charge in [0.2, 0.25) is 0 Å². The fraction of sp³-hybridized carbons (Fsp3) is 0.577. The molecular formula is C26H36O2. The van der Waals surface area contributed by atoms with Gasteiger partial charge in [0.15, 0.2) is 0 Å². The monoisotopic (exact) mass is 380 g/mol. The number of carbonyl (C=O) groups is 1. The minimum Gasteiger partial charge on any atom is -0.478 e. The highest BCUT2D eigenvalue weighted by atomic mass is 16.4. The van der Waals surface area contributed by atoms with Crippen LogP contribution in [0.3, 0.4) is 0 Å². The summed E-state index contributed by atoms with van der Waals surface area (Å²) in [6, 6.07) is 6.55. The van der Waals surface area contributed by atoms with Gasteiger partial charge in [0.1, 0.15) is 0 Å². The molecule has 2 nitrogen and oxygen atoms in total. The van der Waals surface area contributed by atoms with E-state index in [4.69, 9.17) is 5.11 Å². The van der Waals surface area contributed by atoms with Crippen molar-refractivity contribution in [2.75, 3.05) is 0 Å². The summed E-state index contributed by atoms with van der Waals surface area (Å²) in [4.78, 5) is 10.8. The van der Waals surface area contributed by atoms with Crippen molar-refractivity contribution in [2.24, 2.45) is 0 Å². The first-order valence-corrected chi connectivity index (χ1v) is 11.1. The van der Waals surface area contributed by atoms with Crippen LogP contribution in [0.4, 0.5) is 0 Å². The van der Waals surface area contributed by atoms with E-state index >= 15 is 0 Å². The molecule has 1 aromatic rings. The maximum absolute atomic E-state index is 10.8. The van der Waals surface area contributed by atoms with Gasteiger partial charge in [-0.25, -0.2) is 4.79 Å². The number of hydrogen-bond donors (Lipinski definition) is 1. The van der Waals surface area contributed by atoms with Gasteiger partial charge in [-0.1, -0.05) is 95.8 Å². The van der Waals surface area contributed by atoms with Crippen LogP contribution in [-0.2, 0) is 0 Å². The minimum absolute atomic E-state index is 0.277. The zero-order valence-corrected chi connectivity index (χ0v) is 17.6. The zero-order valence-electron chi connectivity index (χ0n) is 17.6. The van der Waals surface area contributed by atoms with Gasteiger partial charge in [-0.15, -0.1) is 0 Å². The Balaban J connectivity index is 1.95. The lowest BCUT2D eigenvalue weighted by Crippen LogP contribution is -1.94. The van der Waals surface area contributed by atoms with Crippen LogP contribution in [0.25, 0.3) is 0 Å². The topological polar surface area (TPSA) is 37.3 Å². The standard InChI is InChI=1S/C26H36O2/c1-2-3-4-5-6-7-8-9-10-11-12-13-14-15-16-17-18-19-24-20-22-25(23-21-24)26(27)28/h20-23H,2-15H2,1H3,(H,27,28). The van der Waals surface area contributed by atoms with Gasteiger partial charge in [-0.3, -0.25) is 0 Å². The van der Waals surface area contributed by atoms with Gasteiger partial charge in [0.05, 0.1) is 5.56 Å². The third kappa shape index (κ3) is 13.1. The summed E-state index contributed by atoms with van der Waals surface area (Å²) in [5, 5.41) is 8.85. The van der Waals surface area contributed by atoms with Crippen LogP contribution < -0.4 is 0 Å². The first kappa shape index (κ1) is 23.8. The molecule has 28 heavy (non-hydrogen) atoms. The van der Waals surface area contributed by atoms with E-state index in [0.717, 1.165) is 18.4 Å². The molecule has 0 heterocycles. The number of carboxylic acid groups (broad SMARTS) is 1. The SMILES string of the molecule is CCCCCCCCCCCCCCCC#CC#Cc1ccc(C(=O)O)cc1. The third-order valence-corrected chi connectivity index (χ3v) is 4.89. The second-order valence-corrected chi connectivity index (χ2v) is 7.43. The number of aromatic carboxylic acids is 1. The van der Waals surface area contributed by atoms with Crippen molar-refractivity contribution in [1.82, 2.24) is 0 Å². The molecule has 1 rings (SSSR count). The molecule has 0 aliphatic rings. The molecule has 0 aliphatic heterocycles. The number of hydrogen-bond acceptors (Lipinski definition) is 1. The van der Waals surface area contributed by atoms with E-state index in [1.165, 1.54) is 77.0 Å². The lowest BCUT2D eigenvalue weighted by Gasteiger charge is -2.02. The Morgan fingerprint density at radius 1 is 0.750 bits per heavy atom. The van der Waals surface area contributed by atoms with E-state index in [1.54, 1.807) is 24.3 Å². The smallest absolute Gasteiger partial charge is 0.335 e. The predicted molar refractivity (Wildman–Crippen MR) is 118 cm³/mol. The van der Waals surface area contributed by atoms with Gasteiger partial charge in [0, 0.05) is 12.0 Å². The highest BCUT2D eigenvalue weighted by molar-refractivity contribution is 5.87. The van der Waals surface area contributed by atoms with Crippen molar-refractivity contribution in [3.8, 4) is 23.7 Å². The Hall–Kier alpha value is -2.19. The molecule has 0 atom stereocenters. The van der Waals surface area contributed by atoms with Crippen molar-refractivity contribution in [2.45, 2.75) is 96.8 Å². The zero-order chi connectivity index (χ0) is 20.3. The quantitative estimate of drug-likeness (QED) is 0.273. The summed E-state index contributed by atoms with van der Waals surface area (Å²) < 4.78 is 0. The second-order valence-electron chi connectivity index (χ2n) is 7.43. The fourth-order valence-corrected chi connectivity index (χ4v) is 3.14. The van der Waals surface area contributed by atoms with Gasteiger partial charge in [-0.2, -0.15) is 0 Å². The molecule has 0 bridgehead atoms. The normalized spacial score (nSPS) is 9.89. The van der Waals surface area contributed by atoms with Crippen LogP contribution in [0.1, 0.15) is 113 Å². The van der Waals surface area contributed by atoms with Crippen LogP contribution in [0.2, 0.25) is 0 Å². The Morgan fingerprint density at radius 3 is 1.75 bits per heavy atom. The number of carboxylic acids is 1. The van der Waals surface area contributed by atoms with Crippen LogP contribution >= 0.6 is 0 Å². The lowest BCUT2D eigenvalue weighted by molar-refractivity contribution is 0.0697. The first-order valence-electron chi connectivity index (χ1n) is 11.1. The molecule has 0 radical (unpaired) electrons. The highest BCUT2D eigenvalue weighted by Crippen LogP contribution is 2.12. The molecule has 0 fully saturated rings. The number of benzene rings is 1. The van der Waals surface area contributed by atoms with Crippen molar-refractivity contribution in [3.05, 3.63) is 35.4 Å². The summed E-state index contributed by atoms with van der Waals surface area (Å²) in [5.74, 6) is 10.9. The molecule has 1 aromatic carbocycles. The summed E-state index contributed by atoms with van der Waals surface area (Å²) in [7, 11) is 0. The molecular weight excluding hydrogens is 344 g/mol. The second kappa shape index (κ2) is 16.9. The third-order valence-electron chi connectivity index (χ3n) is 4.89. The van der Waals surface area contributed by atoms with Crippen LogP contribution in [0.5, 0.6) is 0 Å². The number of rotatable bonds is 14. The molecule has 0 saturated heterocycles. The maximum atomic E-state index is 10.8. The van der Waals surface area contributed by atoms with E-state index in [1.807, 2.05) is 0 Å². The maximum Gasteiger partial charge on any atom is 0.335 e. The first-order chi connectivity index (χ1) is 13.7. The molecule has 0 saturated carbocycles. The highest BCUT2D eigenvalue weighted by Gasteiger charge is 1.99. The van der Waals surface area contributed by atoms with E-state index < -0.39 is 5.97 Å². The Labute approximate surface area is 172 Å². The summed E-state index contributed by atoms with van der Waals surface area (Å²) in [6.45, 7) is 2.27. The molecule has 1 N–H and O–H groups in total. The molecule has 152 valence electrons. The van der Waals surface area contributed by atoms with Gasteiger partial charge in [-0.05, 0) is 42.5 Å². The van der Waals surface area contributed by atoms with Crippen LogP contribution in [0.15, 0.2) is 24.3 Å². The lowest BCUT2D eigenvalue weighted by atomic mass is 10.0. The van der Waals surface area contributed by atoms with E-state index in [2.05, 4.69) is 30.6 Å². The molecule has 0 aliphatic carbocycles. The summed E-state index contributed by atoms with van der Waals surface area (Å²) >= 11 is 0. The Kier molecular flexibility index (Phi) is 14.4. The predicted octanol–water partition coefficient (Wildman–Crippen LogP) is 7.22. The van der Waals surface area contributed by atoms with Gasteiger partial charge < -0.3 is 5.11 Å². The molecule has 0 unspecified atom stereocenters. The fourth-order valence-electron chi connectivity index (χ4n) is 3.14. The van der Waals surface area contributed by atoms with Crippen LogP contribution in [-0.4, -0.2) is 11.1 Å². The van der Waals surface area contributed by atoms with E-state index in [9.17, 15) is 4.79 Å². The van der Waals surface area contributed by atoms with E-state index in [-0.39, 0.29) is 5.56 Å². The van der Waals surface area contributed by atoms with Crippen molar-refractivity contribution < 1.29 is 9.90 Å². The summed E-state index contributed by atoms with van der Waals surface area (Å²) in [6.07, 6.45) is 18.6.